The predicted molar refractivity (Wildman–Crippen MR) is 102 cm³/mol. The largest absolute Gasteiger partial charge is 0.357 e. The summed E-state index contributed by atoms with van der Waals surface area (Å²) in [5, 5.41) is 1.33. The van der Waals surface area contributed by atoms with Crippen LogP contribution in [0.15, 0.2) is 53.0 Å². The minimum atomic E-state index is 0. The van der Waals surface area contributed by atoms with E-state index in [0.29, 0.717) is 11.8 Å². The van der Waals surface area contributed by atoms with Crippen molar-refractivity contribution in [3.8, 4) is 0 Å². The van der Waals surface area contributed by atoms with E-state index in [1.807, 2.05) is 0 Å². The number of para-hydroxylation sites is 1. The number of nitrogens with two attached hydrogens (primary N) is 1. The normalized spacial score (nSPS) is 21.0. The third kappa shape index (κ3) is 2.71. The highest BCUT2D eigenvalue weighted by atomic mass is 79.9. The maximum absolute atomic E-state index is 6.41. The van der Waals surface area contributed by atoms with Crippen LogP contribution in [0.5, 0.6) is 0 Å². The Morgan fingerprint density at radius 2 is 1.96 bits per heavy atom. The lowest BCUT2D eigenvalue weighted by Gasteiger charge is -2.21. The van der Waals surface area contributed by atoms with Gasteiger partial charge in [0.05, 0.1) is 0 Å². The first kappa shape index (κ1) is 16.6. The van der Waals surface area contributed by atoms with E-state index in [9.17, 15) is 0 Å². The van der Waals surface area contributed by atoms with Crippen LogP contribution in [0, 0.1) is 0 Å². The first-order valence-corrected chi connectivity index (χ1v) is 8.56. The van der Waals surface area contributed by atoms with Crippen molar-refractivity contribution in [3.05, 3.63) is 69.8 Å². The molecule has 3 aromatic rings. The van der Waals surface area contributed by atoms with E-state index in [2.05, 4.69) is 76.4 Å². The fourth-order valence-electron chi connectivity index (χ4n) is 3.86. The Morgan fingerprint density at radius 3 is 2.74 bits per heavy atom. The van der Waals surface area contributed by atoms with E-state index >= 15 is 0 Å². The molecule has 1 aliphatic carbocycles. The zero-order valence-electron chi connectivity index (χ0n) is 12.9. The summed E-state index contributed by atoms with van der Waals surface area (Å²) in [6, 6.07) is 17.3. The van der Waals surface area contributed by atoms with Gasteiger partial charge in [0, 0.05) is 27.1 Å². The number of hydrogen-bond donors (Lipinski definition) is 2. The SMILES string of the molecule is C[C@@H](c1cccc(Br)c1)[C@H]1CC(N)c2[nH]c3ccccc3c21.Cl. The van der Waals surface area contributed by atoms with Crippen molar-refractivity contribution in [2.24, 2.45) is 5.73 Å². The van der Waals surface area contributed by atoms with Crippen LogP contribution >= 0.6 is 28.3 Å². The van der Waals surface area contributed by atoms with Gasteiger partial charge in [-0.25, -0.2) is 0 Å². The molecule has 0 radical (unpaired) electrons. The summed E-state index contributed by atoms with van der Waals surface area (Å²) in [5.41, 5.74) is 11.6. The number of hydrogen-bond acceptors (Lipinski definition) is 1. The Morgan fingerprint density at radius 1 is 1.17 bits per heavy atom. The summed E-state index contributed by atoms with van der Waals surface area (Å²) in [6.45, 7) is 2.32. The number of halogens is 2. The fourth-order valence-corrected chi connectivity index (χ4v) is 4.28. The summed E-state index contributed by atoms with van der Waals surface area (Å²) in [4.78, 5) is 3.54. The fraction of sp³-hybridized carbons (Fsp3) is 0.263. The molecule has 0 saturated carbocycles. The molecule has 4 heteroatoms. The van der Waals surface area contributed by atoms with Crippen LogP contribution in [0.3, 0.4) is 0 Å². The van der Waals surface area contributed by atoms with Crippen LogP contribution in [0.25, 0.3) is 10.9 Å². The molecular weight excluding hydrogens is 372 g/mol. The second-order valence-corrected chi connectivity index (χ2v) is 7.21. The first-order chi connectivity index (χ1) is 10.6. The van der Waals surface area contributed by atoms with Crippen LogP contribution in [0.2, 0.25) is 0 Å². The molecule has 0 spiro atoms. The first-order valence-electron chi connectivity index (χ1n) is 7.76. The predicted octanol–water partition coefficient (Wildman–Crippen LogP) is 5.64. The second-order valence-electron chi connectivity index (χ2n) is 6.29. The third-order valence-corrected chi connectivity index (χ3v) is 5.50. The highest BCUT2D eigenvalue weighted by Crippen LogP contribution is 2.49. The standard InChI is InChI=1S/C19H19BrN2.ClH/c1-11(12-5-4-6-13(20)9-12)15-10-16(21)19-18(15)14-7-2-3-8-17(14)22-19;/h2-9,11,15-16,22H,10,21H2,1H3;1H/t11-,15+,16?;/m0./s1. The highest BCUT2D eigenvalue weighted by molar-refractivity contribution is 9.10. The molecule has 120 valence electrons. The number of nitrogens with one attached hydrogen (secondary N) is 1. The molecule has 23 heavy (non-hydrogen) atoms. The minimum Gasteiger partial charge on any atom is -0.357 e. The lowest BCUT2D eigenvalue weighted by atomic mass is 9.83. The van der Waals surface area contributed by atoms with Gasteiger partial charge in [0.15, 0.2) is 0 Å². The highest BCUT2D eigenvalue weighted by Gasteiger charge is 2.35. The average molecular weight is 392 g/mol. The third-order valence-electron chi connectivity index (χ3n) is 5.00. The van der Waals surface area contributed by atoms with Crippen LogP contribution in [0.4, 0.5) is 0 Å². The van der Waals surface area contributed by atoms with E-state index in [4.69, 9.17) is 5.73 Å². The lowest BCUT2D eigenvalue weighted by Crippen LogP contribution is -2.09. The van der Waals surface area contributed by atoms with Crippen molar-refractivity contribution in [1.82, 2.24) is 4.98 Å². The molecule has 1 aliphatic rings. The number of benzene rings is 2. The van der Waals surface area contributed by atoms with Crippen LogP contribution in [0.1, 0.15) is 48.0 Å². The van der Waals surface area contributed by atoms with Crippen molar-refractivity contribution in [2.45, 2.75) is 31.2 Å². The van der Waals surface area contributed by atoms with Gasteiger partial charge in [0.2, 0.25) is 0 Å². The zero-order chi connectivity index (χ0) is 15.3. The summed E-state index contributed by atoms with van der Waals surface area (Å²) in [6.07, 6.45) is 1.01. The Balaban J connectivity index is 0.00000156. The van der Waals surface area contributed by atoms with Crippen molar-refractivity contribution in [1.29, 1.82) is 0 Å². The summed E-state index contributed by atoms with van der Waals surface area (Å²) in [7, 11) is 0. The molecule has 4 rings (SSSR count). The Labute approximate surface area is 151 Å². The molecule has 2 nitrogen and oxygen atoms in total. The zero-order valence-corrected chi connectivity index (χ0v) is 15.3. The van der Waals surface area contributed by atoms with Gasteiger partial charge in [0.25, 0.3) is 0 Å². The summed E-state index contributed by atoms with van der Waals surface area (Å²) >= 11 is 3.58. The molecule has 1 aromatic heterocycles. The van der Waals surface area contributed by atoms with Gasteiger partial charge in [-0.3, -0.25) is 0 Å². The van der Waals surface area contributed by atoms with Crippen molar-refractivity contribution < 1.29 is 0 Å². The van der Waals surface area contributed by atoms with Gasteiger partial charge in [-0.05, 0) is 47.6 Å². The summed E-state index contributed by atoms with van der Waals surface area (Å²) in [5.74, 6) is 0.916. The van der Waals surface area contributed by atoms with Gasteiger partial charge in [0.1, 0.15) is 0 Å². The monoisotopic (exact) mass is 390 g/mol. The molecule has 1 heterocycles. The smallest absolute Gasteiger partial charge is 0.0459 e. The Kier molecular flexibility index (Phi) is 4.54. The molecule has 3 N–H and O–H groups in total. The lowest BCUT2D eigenvalue weighted by molar-refractivity contribution is 0.530. The number of aromatic nitrogens is 1. The molecule has 1 unspecified atom stereocenters. The van der Waals surface area contributed by atoms with E-state index < -0.39 is 0 Å². The number of fused-ring (bicyclic) bond motifs is 3. The maximum atomic E-state index is 6.41. The van der Waals surface area contributed by atoms with E-state index in [0.717, 1.165) is 10.9 Å². The van der Waals surface area contributed by atoms with Gasteiger partial charge in [-0.15, -0.1) is 12.4 Å². The van der Waals surface area contributed by atoms with Crippen molar-refractivity contribution in [3.63, 3.8) is 0 Å². The van der Waals surface area contributed by atoms with Crippen LogP contribution in [-0.4, -0.2) is 4.98 Å². The number of aromatic amines is 1. The van der Waals surface area contributed by atoms with E-state index in [-0.39, 0.29) is 18.4 Å². The number of rotatable bonds is 2. The molecule has 0 saturated heterocycles. The molecule has 3 atom stereocenters. The van der Waals surface area contributed by atoms with Crippen LogP contribution < -0.4 is 5.73 Å². The second kappa shape index (κ2) is 6.31. The number of H-pyrrole nitrogens is 1. The Hall–Kier alpha value is -1.29. The molecule has 0 fully saturated rings. The molecule has 0 aliphatic heterocycles. The quantitative estimate of drug-likeness (QED) is 0.583. The van der Waals surface area contributed by atoms with Crippen LogP contribution in [-0.2, 0) is 0 Å². The van der Waals surface area contributed by atoms with Gasteiger partial charge in [-0.2, -0.15) is 0 Å². The summed E-state index contributed by atoms with van der Waals surface area (Å²) < 4.78 is 1.14. The maximum Gasteiger partial charge on any atom is 0.0459 e. The average Bonchev–Trinajstić information content (AvgIpc) is 3.05. The van der Waals surface area contributed by atoms with Gasteiger partial charge in [-0.1, -0.05) is 53.2 Å². The van der Waals surface area contributed by atoms with Crippen molar-refractivity contribution in [2.75, 3.05) is 0 Å². The molecule has 0 bridgehead atoms. The van der Waals surface area contributed by atoms with Crippen molar-refractivity contribution >= 4 is 39.2 Å². The minimum absolute atomic E-state index is 0. The molecule has 0 amide bonds. The van der Waals surface area contributed by atoms with Gasteiger partial charge < -0.3 is 10.7 Å². The van der Waals surface area contributed by atoms with E-state index in [1.54, 1.807) is 0 Å². The molecule has 2 aromatic carbocycles. The molecular formula is C19H20BrClN2. The van der Waals surface area contributed by atoms with Gasteiger partial charge >= 0.3 is 0 Å². The topological polar surface area (TPSA) is 41.8 Å². The Bertz CT molecular complexity index is 842. The van der Waals surface area contributed by atoms with E-state index in [1.165, 1.54) is 27.7 Å².